The van der Waals surface area contributed by atoms with Crippen molar-refractivity contribution in [3.8, 4) is 0 Å². The van der Waals surface area contributed by atoms with E-state index >= 15 is 0 Å². The van der Waals surface area contributed by atoms with Crippen molar-refractivity contribution in [2.75, 3.05) is 12.3 Å². The van der Waals surface area contributed by atoms with Crippen LogP contribution in [0.15, 0.2) is 0 Å². The van der Waals surface area contributed by atoms with E-state index in [-0.39, 0.29) is 59.8 Å². The van der Waals surface area contributed by atoms with Crippen molar-refractivity contribution in [2.24, 2.45) is 46.3 Å². The summed E-state index contributed by atoms with van der Waals surface area (Å²) >= 11 is 0. The highest BCUT2D eigenvalue weighted by molar-refractivity contribution is 7.85. The summed E-state index contributed by atoms with van der Waals surface area (Å²) in [7, 11) is -4.11. The van der Waals surface area contributed by atoms with Crippen LogP contribution in [0.5, 0.6) is 0 Å². The van der Waals surface area contributed by atoms with Crippen LogP contribution in [0.2, 0.25) is 0 Å². The quantitative estimate of drug-likeness (QED) is 0.298. The van der Waals surface area contributed by atoms with Crippen LogP contribution in [0.3, 0.4) is 0 Å². The zero-order valence-corrected chi connectivity index (χ0v) is 25.6. The third-order valence-corrected chi connectivity index (χ3v) is 12.3. The second-order valence-electron chi connectivity index (χ2n) is 13.7. The van der Waals surface area contributed by atoms with Crippen LogP contribution in [0.4, 0.5) is 0 Å². The standard InChI is InChI=1S/C30H49NO8S/c1-18(6-11-28(34)31-14-15-40(35,36)37)24-9-10-25-23-8-7-21-16-22(38-19(2)32)12-13-29(21,4)26(23)17-27(30(24,25)5)39-20(3)33/h18,21-27H,6-17H2,1-5H3,(H,31,34)(H,35,36,37)/t18-,21-,22-,23+,24-,25+,26+,27+,29+,30-/m1/s1. The van der Waals surface area contributed by atoms with E-state index in [0.29, 0.717) is 36.0 Å². The Balaban J connectivity index is 1.48. The van der Waals surface area contributed by atoms with Gasteiger partial charge in [-0.05, 0) is 98.7 Å². The normalized spacial score (nSPS) is 39.7. The van der Waals surface area contributed by atoms with E-state index in [0.717, 1.165) is 51.4 Å². The highest BCUT2D eigenvalue weighted by atomic mass is 32.2. The number of amides is 1. The molecule has 0 saturated heterocycles. The fourth-order valence-electron chi connectivity index (χ4n) is 9.80. The van der Waals surface area contributed by atoms with E-state index in [4.69, 9.17) is 14.0 Å². The van der Waals surface area contributed by atoms with Gasteiger partial charge in [0.15, 0.2) is 0 Å². The van der Waals surface area contributed by atoms with Gasteiger partial charge in [-0.3, -0.25) is 18.9 Å². The second-order valence-corrected chi connectivity index (χ2v) is 15.3. The molecule has 0 aromatic heterocycles. The van der Waals surface area contributed by atoms with Crippen molar-refractivity contribution in [3.63, 3.8) is 0 Å². The molecule has 0 aliphatic heterocycles. The first kappa shape index (κ1) is 31.3. The molecule has 40 heavy (non-hydrogen) atoms. The zero-order valence-electron chi connectivity index (χ0n) is 24.8. The fraction of sp³-hybridized carbons (Fsp3) is 0.900. The van der Waals surface area contributed by atoms with Crippen molar-refractivity contribution in [1.29, 1.82) is 0 Å². The molecule has 0 aromatic rings. The van der Waals surface area contributed by atoms with E-state index in [2.05, 4.69) is 26.1 Å². The monoisotopic (exact) mass is 583 g/mol. The molecule has 2 N–H and O–H groups in total. The maximum atomic E-state index is 12.4. The van der Waals surface area contributed by atoms with Crippen molar-refractivity contribution in [2.45, 2.75) is 111 Å². The Morgan fingerprint density at radius 1 is 0.975 bits per heavy atom. The molecule has 4 fully saturated rings. The molecule has 10 atom stereocenters. The topological polar surface area (TPSA) is 136 Å². The van der Waals surface area contributed by atoms with Gasteiger partial charge in [0.05, 0.1) is 5.75 Å². The van der Waals surface area contributed by atoms with Gasteiger partial charge in [-0.2, -0.15) is 8.42 Å². The molecule has 1 amide bonds. The smallest absolute Gasteiger partial charge is 0.302 e. The summed E-state index contributed by atoms with van der Waals surface area (Å²) < 4.78 is 42.6. The minimum absolute atomic E-state index is 0.00667. The number of fused-ring (bicyclic) bond motifs is 5. The molecule has 4 aliphatic rings. The molecule has 0 aromatic carbocycles. The molecule has 0 bridgehead atoms. The summed E-state index contributed by atoms with van der Waals surface area (Å²) in [6.07, 6.45) is 8.94. The molecule has 4 aliphatic carbocycles. The Hall–Kier alpha value is -1.68. The van der Waals surface area contributed by atoms with Crippen molar-refractivity contribution < 1.29 is 36.8 Å². The molecule has 0 heterocycles. The molecule has 0 spiro atoms. The van der Waals surface area contributed by atoms with Crippen LogP contribution in [0.1, 0.15) is 98.8 Å². The Kier molecular flexibility index (Phi) is 9.30. The Morgan fingerprint density at radius 2 is 1.68 bits per heavy atom. The van der Waals surface area contributed by atoms with Crippen molar-refractivity contribution in [1.82, 2.24) is 5.32 Å². The number of carbonyl (C=O) groups excluding carboxylic acids is 3. The lowest BCUT2D eigenvalue weighted by atomic mass is 9.43. The number of nitrogens with one attached hydrogen (secondary N) is 1. The van der Waals surface area contributed by atoms with Crippen LogP contribution in [0.25, 0.3) is 0 Å². The number of esters is 2. The first-order valence-electron chi connectivity index (χ1n) is 15.2. The molecule has 4 rings (SSSR count). The second kappa shape index (κ2) is 11.9. The van der Waals surface area contributed by atoms with E-state index < -0.39 is 15.9 Å². The summed E-state index contributed by atoms with van der Waals surface area (Å²) in [6, 6.07) is 0. The Morgan fingerprint density at radius 3 is 2.33 bits per heavy atom. The van der Waals surface area contributed by atoms with Gasteiger partial charge in [0, 0.05) is 32.2 Å². The molecule has 9 nitrogen and oxygen atoms in total. The van der Waals surface area contributed by atoms with Gasteiger partial charge in [-0.15, -0.1) is 0 Å². The van der Waals surface area contributed by atoms with Crippen molar-refractivity contribution in [3.05, 3.63) is 0 Å². The molecule has 4 saturated carbocycles. The van der Waals surface area contributed by atoms with E-state index in [1.165, 1.54) is 13.8 Å². The maximum absolute atomic E-state index is 12.4. The average Bonchev–Trinajstić information content (AvgIpc) is 3.20. The predicted molar refractivity (Wildman–Crippen MR) is 150 cm³/mol. The molecule has 10 heteroatoms. The Labute approximate surface area is 239 Å². The van der Waals surface area contributed by atoms with Crippen LogP contribution in [0, 0.1) is 46.3 Å². The van der Waals surface area contributed by atoms with Gasteiger partial charge in [0.1, 0.15) is 12.2 Å². The Bertz CT molecular complexity index is 1080. The summed E-state index contributed by atoms with van der Waals surface area (Å²) in [5.74, 6) is 1.41. The van der Waals surface area contributed by atoms with Crippen LogP contribution in [-0.2, 0) is 34.0 Å². The average molecular weight is 584 g/mol. The molecule has 0 radical (unpaired) electrons. The summed E-state index contributed by atoms with van der Waals surface area (Å²) in [5.41, 5.74) is -0.0189. The largest absolute Gasteiger partial charge is 0.463 e. The van der Waals surface area contributed by atoms with Gasteiger partial charge in [-0.1, -0.05) is 20.8 Å². The van der Waals surface area contributed by atoms with E-state index in [9.17, 15) is 22.8 Å². The predicted octanol–water partition coefficient (Wildman–Crippen LogP) is 4.54. The van der Waals surface area contributed by atoms with Crippen LogP contribution in [-0.4, -0.2) is 55.3 Å². The van der Waals surface area contributed by atoms with Gasteiger partial charge in [-0.25, -0.2) is 0 Å². The minimum Gasteiger partial charge on any atom is -0.463 e. The van der Waals surface area contributed by atoms with E-state index in [1.807, 2.05) is 0 Å². The first-order chi connectivity index (χ1) is 18.6. The summed E-state index contributed by atoms with van der Waals surface area (Å²) in [6.45, 7) is 9.84. The third-order valence-electron chi connectivity index (χ3n) is 11.6. The molecular formula is C30H49NO8S. The molecular weight excluding hydrogens is 534 g/mol. The third kappa shape index (κ3) is 6.37. The van der Waals surface area contributed by atoms with E-state index in [1.54, 1.807) is 0 Å². The molecule has 228 valence electrons. The fourth-order valence-corrected chi connectivity index (χ4v) is 10.2. The lowest BCUT2D eigenvalue weighted by Gasteiger charge is -2.62. The number of hydrogen-bond acceptors (Lipinski definition) is 7. The van der Waals surface area contributed by atoms with Gasteiger partial charge in [0.25, 0.3) is 10.1 Å². The van der Waals surface area contributed by atoms with Gasteiger partial charge < -0.3 is 14.8 Å². The van der Waals surface area contributed by atoms with Gasteiger partial charge >= 0.3 is 11.9 Å². The number of rotatable bonds is 9. The van der Waals surface area contributed by atoms with Crippen molar-refractivity contribution >= 4 is 28.0 Å². The zero-order chi connectivity index (χ0) is 29.5. The number of ether oxygens (including phenoxy) is 2. The highest BCUT2D eigenvalue weighted by Crippen LogP contribution is 2.69. The first-order valence-corrected chi connectivity index (χ1v) is 16.8. The summed E-state index contributed by atoms with van der Waals surface area (Å²) in [4.78, 5) is 36.4. The minimum atomic E-state index is -4.11. The lowest BCUT2D eigenvalue weighted by molar-refractivity contribution is -0.197. The maximum Gasteiger partial charge on any atom is 0.302 e. The summed E-state index contributed by atoms with van der Waals surface area (Å²) in [5, 5.41) is 2.59. The van der Waals surface area contributed by atoms with Crippen LogP contribution >= 0.6 is 0 Å². The number of hydrogen-bond donors (Lipinski definition) is 2. The SMILES string of the molecule is CC(=O)O[C@@H]1CC[C@@]2(C)[C@H](CC[C@@H]3[C@@H]2C[C@H](OC(C)=O)[C@]2(C)[C@@H]([C@H](C)CCC(=O)NCCS(=O)(=O)O)CC[C@@H]32)C1. The highest BCUT2D eigenvalue weighted by Gasteiger charge is 2.65. The lowest BCUT2D eigenvalue weighted by Crippen LogP contribution is -2.59. The van der Waals surface area contributed by atoms with Gasteiger partial charge in [0.2, 0.25) is 5.91 Å². The van der Waals surface area contributed by atoms with Crippen LogP contribution < -0.4 is 5.32 Å². The number of carbonyl (C=O) groups is 3. The molecule has 0 unspecified atom stereocenters.